The standard InChI is InChI=1S/C17H24N2OS2/c1-12(2)14-6-8-15(9-7-14)18-16(20)13(3)22-17(21)19-10-4-5-11-19/h6-9,12-13H,4-5,10-11H2,1-3H3,(H,18,20)/t13-/m1/s1. The second-order valence-corrected chi connectivity index (χ2v) is 7.96. The number of rotatable bonds is 4. The molecule has 1 aliphatic rings. The summed E-state index contributed by atoms with van der Waals surface area (Å²) in [4.78, 5) is 14.5. The van der Waals surface area contributed by atoms with E-state index in [1.807, 2.05) is 19.1 Å². The fraction of sp³-hybridized carbons (Fsp3) is 0.529. The van der Waals surface area contributed by atoms with E-state index in [2.05, 4.69) is 36.2 Å². The van der Waals surface area contributed by atoms with Gasteiger partial charge in [0, 0.05) is 18.8 Å². The number of nitrogens with one attached hydrogen (secondary N) is 1. The Morgan fingerprint density at radius 2 is 1.77 bits per heavy atom. The molecule has 1 amide bonds. The number of anilines is 1. The van der Waals surface area contributed by atoms with E-state index in [4.69, 9.17) is 12.2 Å². The topological polar surface area (TPSA) is 32.3 Å². The molecule has 0 aliphatic carbocycles. The average molecular weight is 337 g/mol. The van der Waals surface area contributed by atoms with E-state index >= 15 is 0 Å². The average Bonchev–Trinajstić information content (AvgIpc) is 3.02. The minimum atomic E-state index is -0.183. The van der Waals surface area contributed by atoms with Gasteiger partial charge in [-0.1, -0.05) is 50.0 Å². The van der Waals surface area contributed by atoms with Crippen molar-refractivity contribution in [3.05, 3.63) is 29.8 Å². The number of carbonyl (C=O) groups is 1. The fourth-order valence-corrected chi connectivity index (χ4v) is 3.79. The van der Waals surface area contributed by atoms with E-state index in [1.54, 1.807) is 0 Å². The van der Waals surface area contributed by atoms with Crippen LogP contribution in [-0.4, -0.2) is 33.5 Å². The summed E-state index contributed by atoms with van der Waals surface area (Å²) in [6.45, 7) is 8.27. The Bertz CT molecular complexity index is 522. The van der Waals surface area contributed by atoms with Crippen LogP contribution in [0.3, 0.4) is 0 Å². The van der Waals surface area contributed by atoms with Gasteiger partial charge in [0.2, 0.25) is 5.91 Å². The van der Waals surface area contributed by atoms with E-state index in [1.165, 1.54) is 30.2 Å². The van der Waals surface area contributed by atoms with Crippen molar-refractivity contribution >= 4 is 39.9 Å². The van der Waals surface area contributed by atoms with Crippen LogP contribution >= 0.6 is 24.0 Å². The summed E-state index contributed by atoms with van der Waals surface area (Å²) in [7, 11) is 0. The molecule has 0 spiro atoms. The number of thioether (sulfide) groups is 1. The molecule has 5 heteroatoms. The summed E-state index contributed by atoms with van der Waals surface area (Å²) in [5.74, 6) is 0.501. The lowest BCUT2D eigenvalue weighted by Gasteiger charge is -2.20. The first-order valence-electron chi connectivity index (χ1n) is 7.83. The molecule has 1 N–H and O–H groups in total. The van der Waals surface area contributed by atoms with Gasteiger partial charge in [0.1, 0.15) is 4.32 Å². The highest BCUT2D eigenvalue weighted by Crippen LogP contribution is 2.22. The van der Waals surface area contributed by atoms with Gasteiger partial charge < -0.3 is 10.2 Å². The number of benzene rings is 1. The van der Waals surface area contributed by atoms with Crippen LogP contribution in [0.1, 0.15) is 45.1 Å². The van der Waals surface area contributed by atoms with Gasteiger partial charge in [0.25, 0.3) is 0 Å². The zero-order valence-corrected chi connectivity index (χ0v) is 15.1. The summed E-state index contributed by atoms with van der Waals surface area (Å²) >= 11 is 6.91. The van der Waals surface area contributed by atoms with Gasteiger partial charge in [-0.05, 0) is 43.4 Å². The monoisotopic (exact) mass is 336 g/mol. The van der Waals surface area contributed by atoms with Crippen LogP contribution in [0.4, 0.5) is 5.69 Å². The van der Waals surface area contributed by atoms with E-state index in [0.29, 0.717) is 5.92 Å². The van der Waals surface area contributed by atoms with Crippen LogP contribution in [0.15, 0.2) is 24.3 Å². The Balaban J connectivity index is 1.86. The van der Waals surface area contributed by atoms with E-state index in [-0.39, 0.29) is 11.2 Å². The predicted molar refractivity (Wildman–Crippen MR) is 99.6 cm³/mol. The van der Waals surface area contributed by atoms with Crippen LogP contribution in [0, 0.1) is 0 Å². The summed E-state index contributed by atoms with van der Waals surface area (Å²) in [6.07, 6.45) is 2.40. The molecule has 1 heterocycles. The first kappa shape index (κ1) is 17.3. The molecule has 1 aromatic carbocycles. The second-order valence-electron chi connectivity index (χ2n) is 5.99. The first-order valence-corrected chi connectivity index (χ1v) is 9.12. The molecule has 0 bridgehead atoms. The molecule has 3 nitrogen and oxygen atoms in total. The van der Waals surface area contributed by atoms with Crippen molar-refractivity contribution in [1.29, 1.82) is 0 Å². The number of thiocarbonyl (C=S) groups is 1. The van der Waals surface area contributed by atoms with E-state index < -0.39 is 0 Å². The number of nitrogens with zero attached hydrogens (tertiary/aromatic N) is 1. The molecular weight excluding hydrogens is 312 g/mol. The van der Waals surface area contributed by atoms with Gasteiger partial charge in [0.15, 0.2) is 0 Å². The SMILES string of the molecule is CC(C)c1ccc(NC(=O)[C@@H](C)SC(=S)N2CCCC2)cc1. The minimum absolute atomic E-state index is 0.00356. The number of likely N-dealkylation sites (tertiary alicyclic amines) is 1. The number of carbonyl (C=O) groups excluding carboxylic acids is 1. The maximum atomic E-state index is 12.3. The molecule has 0 unspecified atom stereocenters. The van der Waals surface area contributed by atoms with Gasteiger partial charge in [0.05, 0.1) is 5.25 Å². The third-order valence-electron chi connectivity index (χ3n) is 3.86. The molecule has 22 heavy (non-hydrogen) atoms. The van der Waals surface area contributed by atoms with Gasteiger partial charge in [-0.2, -0.15) is 0 Å². The molecule has 2 rings (SSSR count). The van der Waals surface area contributed by atoms with Crippen LogP contribution in [0.25, 0.3) is 0 Å². The fourth-order valence-electron chi connectivity index (χ4n) is 2.37. The Labute approximate surface area is 142 Å². The quantitative estimate of drug-likeness (QED) is 0.833. The van der Waals surface area contributed by atoms with Gasteiger partial charge >= 0.3 is 0 Å². The van der Waals surface area contributed by atoms with Crippen LogP contribution in [-0.2, 0) is 4.79 Å². The highest BCUT2D eigenvalue weighted by atomic mass is 32.2. The van der Waals surface area contributed by atoms with Crippen molar-refractivity contribution in [1.82, 2.24) is 4.90 Å². The van der Waals surface area contributed by atoms with Crippen LogP contribution < -0.4 is 5.32 Å². The number of amides is 1. The molecule has 120 valence electrons. The molecular formula is C17H24N2OS2. The third-order valence-corrected chi connectivity index (χ3v) is 5.43. The largest absolute Gasteiger partial charge is 0.358 e. The number of hydrogen-bond acceptors (Lipinski definition) is 3. The summed E-state index contributed by atoms with van der Waals surface area (Å²) in [6, 6.07) is 8.05. The lowest BCUT2D eigenvalue weighted by atomic mass is 10.0. The Morgan fingerprint density at radius 3 is 2.32 bits per heavy atom. The summed E-state index contributed by atoms with van der Waals surface area (Å²) in [5.41, 5.74) is 2.12. The molecule has 0 saturated carbocycles. The third kappa shape index (κ3) is 4.71. The van der Waals surface area contributed by atoms with Crippen molar-refractivity contribution < 1.29 is 4.79 Å². The molecule has 0 aromatic heterocycles. The van der Waals surface area contributed by atoms with Gasteiger partial charge in [-0.3, -0.25) is 4.79 Å². The molecule has 1 fully saturated rings. The van der Waals surface area contributed by atoms with E-state index in [9.17, 15) is 4.79 Å². The van der Waals surface area contributed by atoms with Gasteiger partial charge in [-0.25, -0.2) is 0 Å². The lowest BCUT2D eigenvalue weighted by molar-refractivity contribution is -0.115. The highest BCUT2D eigenvalue weighted by molar-refractivity contribution is 8.23. The summed E-state index contributed by atoms with van der Waals surface area (Å²) in [5, 5.41) is 2.78. The minimum Gasteiger partial charge on any atom is -0.358 e. The zero-order valence-electron chi connectivity index (χ0n) is 13.5. The number of hydrogen-bond donors (Lipinski definition) is 1. The summed E-state index contributed by atoms with van der Waals surface area (Å²) < 4.78 is 0.843. The normalized spacial score (nSPS) is 15.9. The Hall–Kier alpha value is -1.07. The van der Waals surface area contributed by atoms with E-state index in [0.717, 1.165) is 23.1 Å². The molecule has 0 radical (unpaired) electrons. The van der Waals surface area contributed by atoms with Gasteiger partial charge in [-0.15, -0.1) is 0 Å². The smallest absolute Gasteiger partial charge is 0.237 e. The first-order chi connectivity index (χ1) is 10.5. The van der Waals surface area contributed by atoms with Crippen molar-refractivity contribution in [3.63, 3.8) is 0 Å². The maximum Gasteiger partial charge on any atom is 0.237 e. The van der Waals surface area contributed by atoms with Crippen LogP contribution in [0.2, 0.25) is 0 Å². The van der Waals surface area contributed by atoms with Crippen molar-refractivity contribution in [2.24, 2.45) is 0 Å². The van der Waals surface area contributed by atoms with Crippen molar-refractivity contribution in [2.75, 3.05) is 18.4 Å². The van der Waals surface area contributed by atoms with Crippen molar-refractivity contribution in [3.8, 4) is 0 Å². The van der Waals surface area contributed by atoms with Crippen LogP contribution in [0.5, 0.6) is 0 Å². The highest BCUT2D eigenvalue weighted by Gasteiger charge is 2.21. The molecule has 1 aromatic rings. The predicted octanol–water partition coefficient (Wildman–Crippen LogP) is 4.25. The maximum absolute atomic E-state index is 12.3. The van der Waals surface area contributed by atoms with Crippen molar-refractivity contribution in [2.45, 2.75) is 44.8 Å². The molecule has 1 atom stereocenters. The lowest BCUT2D eigenvalue weighted by Crippen LogP contribution is -2.29. The molecule has 1 aliphatic heterocycles. The second kappa shape index (κ2) is 7.97. The Kier molecular flexibility index (Phi) is 6.26. The zero-order chi connectivity index (χ0) is 16.1. The molecule has 1 saturated heterocycles. The Morgan fingerprint density at radius 1 is 1.18 bits per heavy atom.